The van der Waals surface area contributed by atoms with Crippen molar-refractivity contribution >= 4 is 22.8 Å². The summed E-state index contributed by atoms with van der Waals surface area (Å²) >= 11 is 0. The van der Waals surface area contributed by atoms with Crippen LogP contribution >= 0.6 is 0 Å². The molecule has 1 aromatic carbocycles. The van der Waals surface area contributed by atoms with E-state index in [1.807, 2.05) is 30.5 Å². The molecule has 2 aromatic rings. The fourth-order valence-corrected chi connectivity index (χ4v) is 4.64. The number of benzene rings is 1. The SMILES string of the molecule is O=C(O)[C@@H]1C2C(=O)N(CCc3c[nH]c4ccccc34)C[C@@]23C=C[C@@H]1O3. The van der Waals surface area contributed by atoms with Crippen molar-refractivity contribution in [3.05, 3.63) is 48.2 Å². The lowest BCUT2D eigenvalue weighted by Gasteiger charge is -2.21. The van der Waals surface area contributed by atoms with Gasteiger partial charge < -0.3 is 19.7 Å². The average Bonchev–Trinajstić information content (AvgIpc) is 3.33. The van der Waals surface area contributed by atoms with Crippen LogP contribution in [0.5, 0.6) is 0 Å². The number of carbonyl (C=O) groups is 2. The monoisotopic (exact) mass is 338 g/mol. The molecule has 2 N–H and O–H groups in total. The number of nitrogens with one attached hydrogen (secondary N) is 1. The minimum Gasteiger partial charge on any atom is -0.481 e. The molecule has 1 spiro atoms. The first kappa shape index (κ1) is 14.7. The molecule has 1 unspecified atom stereocenters. The molecule has 2 bridgehead atoms. The Kier molecular flexibility index (Phi) is 2.92. The summed E-state index contributed by atoms with van der Waals surface area (Å²) in [6.45, 7) is 1.00. The number of hydrogen-bond acceptors (Lipinski definition) is 3. The van der Waals surface area contributed by atoms with Crippen molar-refractivity contribution in [3.63, 3.8) is 0 Å². The average molecular weight is 338 g/mol. The molecule has 6 nitrogen and oxygen atoms in total. The van der Waals surface area contributed by atoms with E-state index in [9.17, 15) is 14.7 Å². The number of aromatic nitrogens is 1. The molecule has 0 aliphatic carbocycles. The number of amides is 1. The highest BCUT2D eigenvalue weighted by Gasteiger charge is 2.66. The van der Waals surface area contributed by atoms with Crippen LogP contribution in [0.1, 0.15) is 5.56 Å². The maximum Gasteiger partial charge on any atom is 0.310 e. The summed E-state index contributed by atoms with van der Waals surface area (Å²) in [5, 5.41) is 10.7. The van der Waals surface area contributed by atoms with Gasteiger partial charge in [0.15, 0.2) is 0 Å². The van der Waals surface area contributed by atoms with Crippen molar-refractivity contribution in [1.29, 1.82) is 0 Å². The molecule has 3 aliphatic heterocycles. The van der Waals surface area contributed by atoms with Crippen molar-refractivity contribution in [2.45, 2.75) is 18.1 Å². The van der Waals surface area contributed by atoms with E-state index >= 15 is 0 Å². The number of rotatable bonds is 4. The van der Waals surface area contributed by atoms with E-state index in [-0.39, 0.29) is 5.91 Å². The predicted octanol–water partition coefficient (Wildman–Crippen LogP) is 1.58. The van der Waals surface area contributed by atoms with Crippen LogP contribution in [0.25, 0.3) is 10.9 Å². The van der Waals surface area contributed by atoms with E-state index in [2.05, 4.69) is 11.1 Å². The zero-order chi connectivity index (χ0) is 17.2. The van der Waals surface area contributed by atoms with Gasteiger partial charge >= 0.3 is 5.97 Å². The van der Waals surface area contributed by atoms with Gasteiger partial charge in [-0.3, -0.25) is 9.59 Å². The van der Waals surface area contributed by atoms with Crippen molar-refractivity contribution in [2.24, 2.45) is 11.8 Å². The first-order chi connectivity index (χ1) is 12.1. The normalized spacial score (nSPS) is 32.7. The summed E-state index contributed by atoms with van der Waals surface area (Å²) in [6.07, 6.45) is 5.93. The third-order valence-corrected chi connectivity index (χ3v) is 5.79. The topological polar surface area (TPSA) is 82.6 Å². The zero-order valence-electron chi connectivity index (χ0n) is 13.5. The Labute approximate surface area is 144 Å². The molecule has 0 saturated carbocycles. The van der Waals surface area contributed by atoms with Crippen LogP contribution in [0.4, 0.5) is 0 Å². The third-order valence-electron chi connectivity index (χ3n) is 5.79. The van der Waals surface area contributed by atoms with Crippen LogP contribution in [0, 0.1) is 11.8 Å². The molecule has 5 rings (SSSR count). The van der Waals surface area contributed by atoms with Gasteiger partial charge in [0.1, 0.15) is 11.5 Å². The Morgan fingerprint density at radius 2 is 2.24 bits per heavy atom. The second-order valence-corrected chi connectivity index (χ2v) is 7.11. The third kappa shape index (κ3) is 1.94. The molecule has 3 aliphatic rings. The number of para-hydroxylation sites is 1. The number of H-pyrrole nitrogens is 1. The number of aliphatic carboxylic acids is 1. The van der Waals surface area contributed by atoms with Crippen molar-refractivity contribution in [3.8, 4) is 0 Å². The fourth-order valence-electron chi connectivity index (χ4n) is 4.64. The van der Waals surface area contributed by atoms with Gasteiger partial charge in [-0.1, -0.05) is 30.4 Å². The lowest BCUT2D eigenvalue weighted by molar-refractivity contribution is -0.148. The van der Waals surface area contributed by atoms with Crippen LogP contribution in [-0.2, 0) is 20.7 Å². The number of nitrogens with zero attached hydrogens (tertiary/aromatic N) is 1. The van der Waals surface area contributed by atoms with E-state index in [1.54, 1.807) is 11.0 Å². The van der Waals surface area contributed by atoms with Gasteiger partial charge in [0.25, 0.3) is 0 Å². The molecule has 0 radical (unpaired) electrons. The van der Waals surface area contributed by atoms with E-state index in [4.69, 9.17) is 4.74 Å². The van der Waals surface area contributed by atoms with E-state index < -0.39 is 29.5 Å². The van der Waals surface area contributed by atoms with E-state index in [1.165, 1.54) is 0 Å². The number of fused-ring (bicyclic) bond motifs is 2. The zero-order valence-corrected chi connectivity index (χ0v) is 13.5. The molecule has 2 fully saturated rings. The van der Waals surface area contributed by atoms with Crippen LogP contribution in [0.15, 0.2) is 42.6 Å². The summed E-state index contributed by atoms with van der Waals surface area (Å²) in [6, 6.07) is 8.07. The highest BCUT2D eigenvalue weighted by atomic mass is 16.5. The number of carboxylic acid groups (broad SMARTS) is 1. The van der Waals surface area contributed by atoms with Crippen LogP contribution in [0.3, 0.4) is 0 Å². The molecule has 4 atom stereocenters. The summed E-state index contributed by atoms with van der Waals surface area (Å²) in [5.74, 6) is -2.41. The first-order valence-electron chi connectivity index (χ1n) is 8.53. The molecule has 6 heteroatoms. The summed E-state index contributed by atoms with van der Waals surface area (Å²) < 4.78 is 5.91. The number of likely N-dealkylation sites (tertiary alicyclic amines) is 1. The van der Waals surface area contributed by atoms with Gasteiger partial charge in [0.2, 0.25) is 5.91 Å². The number of aromatic amines is 1. The molecular formula is C19H18N2O4. The lowest BCUT2D eigenvalue weighted by Crippen LogP contribution is -2.39. The van der Waals surface area contributed by atoms with Crippen LogP contribution in [-0.4, -0.2) is 51.7 Å². The van der Waals surface area contributed by atoms with Crippen LogP contribution in [0.2, 0.25) is 0 Å². The van der Waals surface area contributed by atoms with Gasteiger partial charge in [-0.2, -0.15) is 0 Å². The number of hydrogen-bond donors (Lipinski definition) is 2. The fraction of sp³-hybridized carbons (Fsp3) is 0.368. The number of ether oxygens (including phenoxy) is 1. The molecule has 25 heavy (non-hydrogen) atoms. The Bertz CT molecular complexity index is 917. The largest absolute Gasteiger partial charge is 0.481 e. The van der Waals surface area contributed by atoms with Crippen molar-refractivity contribution in [1.82, 2.24) is 9.88 Å². The van der Waals surface area contributed by atoms with Gasteiger partial charge in [0, 0.05) is 23.6 Å². The maximum atomic E-state index is 12.9. The maximum absolute atomic E-state index is 12.9. The van der Waals surface area contributed by atoms with E-state index in [0.717, 1.165) is 22.9 Å². The smallest absolute Gasteiger partial charge is 0.310 e. The first-order valence-corrected chi connectivity index (χ1v) is 8.53. The predicted molar refractivity (Wildman–Crippen MR) is 89.9 cm³/mol. The number of carbonyl (C=O) groups excluding carboxylic acids is 1. The van der Waals surface area contributed by atoms with Crippen LogP contribution < -0.4 is 0 Å². The van der Waals surface area contributed by atoms with Crippen molar-refractivity contribution < 1.29 is 19.4 Å². The Morgan fingerprint density at radius 1 is 1.40 bits per heavy atom. The summed E-state index contributed by atoms with van der Waals surface area (Å²) in [5.41, 5.74) is 1.50. The minimum absolute atomic E-state index is 0.0981. The number of carboxylic acids is 1. The van der Waals surface area contributed by atoms with Gasteiger partial charge in [0.05, 0.1) is 18.6 Å². The van der Waals surface area contributed by atoms with Crippen molar-refractivity contribution in [2.75, 3.05) is 13.1 Å². The van der Waals surface area contributed by atoms with E-state index in [0.29, 0.717) is 13.1 Å². The molecule has 4 heterocycles. The molecule has 1 aromatic heterocycles. The highest BCUT2D eigenvalue weighted by Crippen LogP contribution is 2.51. The van der Waals surface area contributed by atoms with Gasteiger partial charge in [-0.15, -0.1) is 0 Å². The molecule has 128 valence electrons. The Hall–Kier alpha value is -2.60. The summed E-state index contributed by atoms with van der Waals surface area (Å²) in [7, 11) is 0. The molecular weight excluding hydrogens is 320 g/mol. The lowest BCUT2D eigenvalue weighted by atomic mass is 9.77. The minimum atomic E-state index is -0.951. The Morgan fingerprint density at radius 3 is 3.08 bits per heavy atom. The van der Waals surface area contributed by atoms with Gasteiger partial charge in [-0.25, -0.2) is 0 Å². The van der Waals surface area contributed by atoms with Gasteiger partial charge in [-0.05, 0) is 18.1 Å². The quantitative estimate of drug-likeness (QED) is 0.829. The Balaban J connectivity index is 1.37. The second-order valence-electron chi connectivity index (χ2n) is 7.11. The second kappa shape index (κ2) is 4.95. The molecule has 1 amide bonds. The summed E-state index contributed by atoms with van der Waals surface area (Å²) in [4.78, 5) is 29.4. The molecule has 2 saturated heterocycles. The highest BCUT2D eigenvalue weighted by molar-refractivity contribution is 5.91. The standard InChI is InChI=1S/C19H18N2O4/c22-17-16-15(18(23)24)14-5-7-19(16,25-14)10-21(17)8-6-11-9-20-13-4-2-1-3-12(11)13/h1-5,7,9,14-16,20H,6,8,10H2,(H,23,24)/t14-,15-,16?,19-/m0/s1.